The molecule has 3 heteroatoms. The zero-order chi connectivity index (χ0) is 16.3. The predicted octanol–water partition coefficient (Wildman–Crippen LogP) is 5.25. The SMILES string of the molecule is CC.CC.CC(C)NCCN1CCCc2cc(Br)ccc21. The average Bonchev–Trinajstić information content (AvgIpc) is 2.51. The van der Waals surface area contributed by atoms with E-state index in [4.69, 9.17) is 0 Å². The zero-order valence-electron chi connectivity index (χ0n) is 14.7. The maximum absolute atomic E-state index is 3.55. The maximum atomic E-state index is 3.55. The molecule has 0 atom stereocenters. The first-order valence-corrected chi connectivity index (χ1v) is 9.23. The van der Waals surface area contributed by atoms with Crippen molar-refractivity contribution in [3.8, 4) is 0 Å². The van der Waals surface area contributed by atoms with Crippen molar-refractivity contribution in [2.75, 3.05) is 24.5 Å². The number of halogens is 1. The summed E-state index contributed by atoms with van der Waals surface area (Å²) in [5.41, 5.74) is 2.90. The van der Waals surface area contributed by atoms with Gasteiger partial charge < -0.3 is 10.2 Å². The van der Waals surface area contributed by atoms with Gasteiger partial charge in [0, 0.05) is 35.8 Å². The molecule has 0 fully saturated rings. The van der Waals surface area contributed by atoms with E-state index in [9.17, 15) is 0 Å². The van der Waals surface area contributed by atoms with E-state index in [0.29, 0.717) is 6.04 Å². The first-order chi connectivity index (χ1) is 10.2. The van der Waals surface area contributed by atoms with Crippen LogP contribution >= 0.6 is 15.9 Å². The van der Waals surface area contributed by atoms with Crippen LogP contribution in [0.2, 0.25) is 0 Å². The molecule has 0 aromatic heterocycles. The Morgan fingerprint density at radius 1 is 1.19 bits per heavy atom. The molecule has 0 radical (unpaired) electrons. The second kappa shape index (κ2) is 12.0. The minimum Gasteiger partial charge on any atom is -0.370 e. The summed E-state index contributed by atoms with van der Waals surface area (Å²) in [6, 6.07) is 7.22. The van der Waals surface area contributed by atoms with E-state index in [2.05, 4.69) is 58.2 Å². The molecule has 2 rings (SSSR count). The lowest BCUT2D eigenvalue weighted by molar-refractivity contribution is 0.572. The third-order valence-corrected chi connectivity index (χ3v) is 3.68. The van der Waals surface area contributed by atoms with Crippen molar-refractivity contribution in [3.05, 3.63) is 28.2 Å². The van der Waals surface area contributed by atoms with E-state index in [1.54, 1.807) is 0 Å². The van der Waals surface area contributed by atoms with Crippen molar-refractivity contribution in [1.29, 1.82) is 0 Å². The van der Waals surface area contributed by atoms with Crippen LogP contribution in [-0.2, 0) is 6.42 Å². The van der Waals surface area contributed by atoms with E-state index < -0.39 is 0 Å². The molecule has 1 aliphatic rings. The van der Waals surface area contributed by atoms with Crippen LogP contribution in [0, 0.1) is 0 Å². The van der Waals surface area contributed by atoms with Gasteiger partial charge in [0.2, 0.25) is 0 Å². The lowest BCUT2D eigenvalue weighted by Crippen LogP contribution is -2.37. The summed E-state index contributed by atoms with van der Waals surface area (Å²) >= 11 is 3.55. The Morgan fingerprint density at radius 3 is 2.48 bits per heavy atom. The summed E-state index contributed by atoms with van der Waals surface area (Å²) < 4.78 is 1.19. The first kappa shape index (κ1) is 20.5. The highest BCUT2D eigenvalue weighted by atomic mass is 79.9. The Morgan fingerprint density at radius 2 is 1.86 bits per heavy atom. The van der Waals surface area contributed by atoms with Crippen molar-refractivity contribution in [2.45, 2.75) is 60.4 Å². The van der Waals surface area contributed by atoms with Gasteiger partial charge in [0.25, 0.3) is 0 Å². The van der Waals surface area contributed by atoms with Crippen LogP contribution in [0.3, 0.4) is 0 Å². The van der Waals surface area contributed by atoms with Gasteiger partial charge in [0.15, 0.2) is 0 Å². The van der Waals surface area contributed by atoms with Crippen LogP contribution < -0.4 is 10.2 Å². The van der Waals surface area contributed by atoms with Gasteiger partial charge in [0.05, 0.1) is 0 Å². The molecule has 0 saturated heterocycles. The zero-order valence-corrected chi connectivity index (χ0v) is 16.3. The van der Waals surface area contributed by atoms with Gasteiger partial charge in [-0.1, -0.05) is 57.5 Å². The van der Waals surface area contributed by atoms with Gasteiger partial charge in [-0.2, -0.15) is 0 Å². The van der Waals surface area contributed by atoms with Crippen molar-refractivity contribution >= 4 is 21.6 Å². The van der Waals surface area contributed by atoms with E-state index in [1.807, 2.05) is 27.7 Å². The van der Waals surface area contributed by atoms with Crippen molar-refractivity contribution in [1.82, 2.24) is 5.32 Å². The normalized spacial score (nSPS) is 12.9. The average molecular weight is 357 g/mol. The topological polar surface area (TPSA) is 15.3 Å². The smallest absolute Gasteiger partial charge is 0.0399 e. The number of benzene rings is 1. The Labute approximate surface area is 140 Å². The number of rotatable bonds is 4. The Kier molecular flexibility index (Phi) is 11.7. The highest BCUT2D eigenvalue weighted by Gasteiger charge is 2.16. The van der Waals surface area contributed by atoms with Crippen LogP contribution in [0.15, 0.2) is 22.7 Å². The van der Waals surface area contributed by atoms with Gasteiger partial charge in [-0.05, 0) is 36.6 Å². The summed E-state index contributed by atoms with van der Waals surface area (Å²) in [6.45, 7) is 15.7. The first-order valence-electron chi connectivity index (χ1n) is 8.43. The van der Waals surface area contributed by atoms with Gasteiger partial charge in [-0.25, -0.2) is 0 Å². The van der Waals surface area contributed by atoms with Gasteiger partial charge >= 0.3 is 0 Å². The van der Waals surface area contributed by atoms with Crippen LogP contribution in [0.1, 0.15) is 53.5 Å². The molecule has 1 aromatic rings. The quantitative estimate of drug-likeness (QED) is 0.791. The van der Waals surface area contributed by atoms with Gasteiger partial charge in [-0.3, -0.25) is 0 Å². The van der Waals surface area contributed by atoms with Gasteiger partial charge in [0.1, 0.15) is 0 Å². The fourth-order valence-electron chi connectivity index (χ4n) is 2.36. The molecular formula is C18H33BrN2. The van der Waals surface area contributed by atoms with E-state index >= 15 is 0 Å². The second-order valence-corrected chi connectivity index (χ2v) is 5.89. The summed E-state index contributed by atoms with van der Waals surface area (Å²) in [5, 5.41) is 3.48. The van der Waals surface area contributed by atoms with Crippen LogP contribution in [0.4, 0.5) is 5.69 Å². The number of hydrogen-bond acceptors (Lipinski definition) is 2. The van der Waals surface area contributed by atoms with Crippen molar-refractivity contribution in [2.24, 2.45) is 0 Å². The summed E-state index contributed by atoms with van der Waals surface area (Å²) in [6.07, 6.45) is 2.48. The maximum Gasteiger partial charge on any atom is 0.0399 e. The number of anilines is 1. The fraction of sp³-hybridized carbons (Fsp3) is 0.667. The lowest BCUT2D eigenvalue weighted by atomic mass is 10.0. The molecular weight excluding hydrogens is 324 g/mol. The molecule has 0 unspecified atom stereocenters. The molecule has 21 heavy (non-hydrogen) atoms. The molecule has 1 aromatic carbocycles. The molecule has 0 saturated carbocycles. The number of fused-ring (bicyclic) bond motifs is 1. The van der Waals surface area contributed by atoms with Crippen LogP contribution in [-0.4, -0.2) is 25.7 Å². The minimum absolute atomic E-state index is 0.573. The van der Waals surface area contributed by atoms with Crippen molar-refractivity contribution < 1.29 is 0 Å². The predicted molar refractivity (Wildman–Crippen MR) is 101 cm³/mol. The highest BCUT2D eigenvalue weighted by Crippen LogP contribution is 2.29. The molecule has 0 amide bonds. The number of hydrogen-bond donors (Lipinski definition) is 1. The fourth-order valence-corrected chi connectivity index (χ4v) is 2.77. The number of nitrogens with one attached hydrogen (secondary N) is 1. The number of aryl methyl sites for hydroxylation is 1. The standard InChI is InChI=1S/C14H21BrN2.2C2H6/c1-11(2)16-7-9-17-8-3-4-12-10-13(15)5-6-14(12)17;2*1-2/h5-6,10-11,16H,3-4,7-9H2,1-2H3;2*1-2H3. The monoisotopic (exact) mass is 356 g/mol. The third kappa shape index (κ3) is 7.32. The molecule has 0 spiro atoms. The van der Waals surface area contributed by atoms with E-state index in [1.165, 1.54) is 35.1 Å². The highest BCUT2D eigenvalue weighted by molar-refractivity contribution is 9.10. The molecule has 122 valence electrons. The van der Waals surface area contributed by atoms with E-state index in [0.717, 1.165) is 13.1 Å². The Bertz CT molecular complexity index is 377. The van der Waals surface area contributed by atoms with Crippen LogP contribution in [0.25, 0.3) is 0 Å². The third-order valence-electron chi connectivity index (χ3n) is 3.19. The summed E-state index contributed by atoms with van der Waals surface area (Å²) in [7, 11) is 0. The molecule has 1 N–H and O–H groups in total. The summed E-state index contributed by atoms with van der Waals surface area (Å²) in [4.78, 5) is 2.50. The Balaban J connectivity index is 0.000000921. The van der Waals surface area contributed by atoms with E-state index in [-0.39, 0.29) is 0 Å². The summed E-state index contributed by atoms with van der Waals surface area (Å²) in [5.74, 6) is 0. The largest absolute Gasteiger partial charge is 0.370 e. The molecule has 0 aliphatic carbocycles. The molecule has 1 aliphatic heterocycles. The van der Waals surface area contributed by atoms with Crippen molar-refractivity contribution in [3.63, 3.8) is 0 Å². The lowest BCUT2D eigenvalue weighted by Gasteiger charge is -2.31. The molecule has 0 bridgehead atoms. The van der Waals surface area contributed by atoms with Crippen LogP contribution in [0.5, 0.6) is 0 Å². The second-order valence-electron chi connectivity index (χ2n) is 4.97. The minimum atomic E-state index is 0.573. The van der Waals surface area contributed by atoms with Gasteiger partial charge in [-0.15, -0.1) is 0 Å². The molecule has 2 nitrogen and oxygen atoms in total. The number of nitrogens with zero attached hydrogens (tertiary/aromatic N) is 1. The molecule has 1 heterocycles. The Hall–Kier alpha value is -0.540.